The minimum atomic E-state index is 0.808. The molecule has 23 heavy (non-hydrogen) atoms. The van der Waals surface area contributed by atoms with Gasteiger partial charge in [0.25, 0.3) is 0 Å². The van der Waals surface area contributed by atoms with Crippen LogP contribution in [0.25, 0.3) is 11.1 Å². The highest BCUT2D eigenvalue weighted by Gasteiger charge is 2.04. The van der Waals surface area contributed by atoms with Crippen molar-refractivity contribution in [1.29, 1.82) is 0 Å². The Kier molecular flexibility index (Phi) is 4.53. The average Bonchev–Trinajstić information content (AvgIpc) is 2.96. The lowest BCUT2D eigenvalue weighted by Gasteiger charge is -2.08. The van der Waals surface area contributed by atoms with Crippen molar-refractivity contribution in [2.24, 2.45) is 5.10 Å². The normalized spacial score (nSPS) is 11.1. The van der Waals surface area contributed by atoms with E-state index in [1.54, 1.807) is 11.3 Å². The Morgan fingerprint density at radius 3 is 2.61 bits per heavy atom. The number of anilines is 1. The van der Waals surface area contributed by atoms with E-state index >= 15 is 0 Å². The second kappa shape index (κ2) is 6.75. The van der Waals surface area contributed by atoms with E-state index in [0.29, 0.717) is 0 Å². The van der Waals surface area contributed by atoms with E-state index in [2.05, 4.69) is 65.8 Å². The molecule has 3 nitrogen and oxygen atoms in total. The third kappa shape index (κ3) is 3.66. The maximum Gasteiger partial charge on any atom is 0.203 e. The standard InChI is InChI=1S/C19H19N3S/c1-13-8-9-16(10-14(13)2)18-7-5-4-6-17(18)11-20-22-19-21-15(3)12-23-19/h4-12H,1-3H3,(H,21,22). The summed E-state index contributed by atoms with van der Waals surface area (Å²) in [6, 6.07) is 14.8. The lowest BCUT2D eigenvalue weighted by atomic mass is 9.97. The monoisotopic (exact) mass is 321 g/mol. The fourth-order valence-electron chi connectivity index (χ4n) is 2.34. The molecular formula is C19H19N3S. The summed E-state index contributed by atoms with van der Waals surface area (Å²) in [5.74, 6) is 0. The van der Waals surface area contributed by atoms with Crippen molar-refractivity contribution in [3.05, 3.63) is 70.2 Å². The molecule has 0 atom stereocenters. The van der Waals surface area contributed by atoms with Gasteiger partial charge in [-0.1, -0.05) is 42.5 Å². The Hall–Kier alpha value is -2.46. The first-order valence-corrected chi connectivity index (χ1v) is 8.39. The summed E-state index contributed by atoms with van der Waals surface area (Å²) in [5.41, 5.74) is 10.1. The Labute approximate surface area is 140 Å². The van der Waals surface area contributed by atoms with Crippen LogP contribution < -0.4 is 5.43 Å². The van der Waals surface area contributed by atoms with Crippen LogP contribution in [0.4, 0.5) is 5.13 Å². The Balaban J connectivity index is 1.86. The van der Waals surface area contributed by atoms with E-state index in [0.717, 1.165) is 16.4 Å². The molecule has 1 heterocycles. The van der Waals surface area contributed by atoms with Crippen molar-refractivity contribution in [1.82, 2.24) is 4.98 Å². The quantitative estimate of drug-likeness (QED) is 0.531. The number of aromatic nitrogens is 1. The predicted molar refractivity (Wildman–Crippen MR) is 99.4 cm³/mol. The van der Waals surface area contributed by atoms with Gasteiger partial charge in [-0.3, -0.25) is 5.43 Å². The van der Waals surface area contributed by atoms with Crippen LogP contribution in [0.2, 0.25) is 0 Å². The molecule has 1 N–H and O–H groups in total. The molecule has 0 bridgehead atoms. The van der Waals surface area contributed by atoms with Crippen LogP contribution in [-0.4, -0.2) is 11.2 Å². The Morgan fingerprint density at radius 1 is 1.04 bits per heavy atom. The second-order valence-electron chi connectivity index (χ2n) is 5.55. The minimum absolute atomic E-state index is 0.808. The number of hydrogen-bond acceptors (Lipinski definition) is 4. The summed E-state index contributed by atoms with van der Waals surface area (Å²) in [6.07, 6.45) is 1.85. The zero-order valence-electron chi connectivity index (χ0n) is 13.5. The zero-order valence-corrected chi connectivity index (χ0v) is 14.3. The molecule has 1 aromatic heterocycles. The second-order valence-corrected chi connectivity index (χ2v) is 6.41. The molecule has 4 heteroatoms. The third-order valence-electron chi connectivity index (χ3n) is 3.76. The van der Waals surface area contributed by atoms with Crippen LogP contribution in [0.3, 0.4) is 0 Å². The van der Waals surface area contributed by atoms with Crippen LogP contribution in [0.1, 0.15) is 22.4 Å². The van der Waals surface area contributed by atoms with Gasteiger partial charge in [0.2, 0.25) is 5.13 Å². The van der Waals surface area contributed by atoms with Crippen molar-refractivity contribution >= 4 is 22.7 Å². The van der Waals surface area contributed by atoms with Gasteiger partial charge in [0.05, 0.1) is 11.9 Å². The van der Waals surface area contributed by atoms with Crippen LogP contribution in [0.5, 0.6) is 0 Å². The van der Waals surface area contributed by atoms with E-state index in [4.69, 9.17) is 0 Å². The molecule has 116 valence electrons. The molecule has 0 aliphatic rings. The molecule has 0 spiro atoms. The summed E-state index contributed by atoms with van der Waals surface area (Å²) in [4.78, 5) is 4.34. The highest BCUT2D eigenvalue weighted by atomic mass is 32.1. The molecule has 0 radical (unpaired) electrons. The molecule has 0 aliphatic heterocycles. The Morgan fingerprint density at radius 2 is 1.87 bits per heavy atom. The molecular weight excluding hydrogens is 302 g/mol. The lowest BCUT2D eigenvalue weighted by molar-refractivity contribution is 1.22. The number of benzene rings is 2. The number of nitrogens with zero attached hydrogens (tertiary/aromatic N) is 2. The number of hydrogen-bond donors (Lipinski definition) is 1. The van der Waals surface area contributed by atoms with Crippen LogP contribution in [-0.2, 0) is 0 Å². The smallest absolute Gasteiger partial charge is 0.203 e. The van der Waals surface area contributed by atoms with E-state index in [1.807, 2.05) is 24.6 Å². The van der Waals surface area contributed by atoms with Crippen LogP contribution in [0, 0.1) is 20.8 Å². The fraction of sp³-hybridized carbons (Fsp3) is 0.158. The minimum Gasteiger partial charge on any atom is -0.253 e. The predicted octanol–water partition coefficient (Wildman–Crippen LogP) is 5.18. The number of rotatable bonds is 4. The molecule has 0 fully saturated rings. The number of hydrazone groups is 1. The largest absolute Gasteiger partial charge is 0.253 e. The van der Waals surface area contributed by atoms with Gasteiger partial charge in [-0.2, -0.15) is 5.10 Å². The van der Waals surface area contributed by atoms with E-state index in [9.17, 15) is 0 Å². The summed E-state index contributed by atoms with van der Waals surface area (Å²) in [5, 5.41) is 7.13. The van der Waals surface area contributed by atoms with Crippen molar-refractivity contribution < 1.29 is 0 Å². The summed E-state index contributed by atoms with van der Waals surface area (Å²) < 4.78 is 0. The molecule has 0 saturated carbocycles. The molecule has 3 rings (SSSR count). The van der Waals surface area contributed by atoms with Gasteiger partial charge >= 0.3 is 0 Å². The van der Waals surface area contributed by atoms with Crippen molar-refractivity contribution in [2.75, 3.05) is 5.43 Å². The molecule has 0 amide bonds. The van der Waals surface area contributed by atoms with E-state index < -0.39 is 0 Å². The summed E-state index contributed by atoms with van der Waals surface area (Å²) >= 11 is 1.55. The van der Waals surface area contributed by atoms with Gasteiger partial charge in [0, 0.05) is 10.9 Å². The highest BCUT2D eigenvalue weighted by molar-refractivity contribution is 7.13. The van der Waals surface area contributed by atoms with Gasteiger partial charge in [-0.15, -0.1) is 11.3 Å². The van der Waals surface area contributed by atoms with E-state index in [1.165, 1.54) is 22.3 Å². The maximum atomic E-state index is 4.34. The first-order chi connectivity index (χ1) is 11.1. The average molecular weight is 321 g/mol. The SMILES string of the molecule is Cc1csc(NN=Cc2ccccc2-c2ccc(C)c(C)c2)n1. The first kappa shape index (κ1) is 15.4. The van der Waals surface area contributed by atoms with Crippen molar-refractivity contribution in [2.45, 2.75) is 20.8 Å². The fourth-order valence-corrected chi connectivity index (χ4v) is 2.98. The first-order valence-electron chi connectivity index (χ1n) is 7.51. The van der Waals surface area contributed by atoms with Gasteiger partial charge in [-0.05, 0) is 43.0 Å². The molecule has 0 saturated heterocycles. The topological polar surface area (TPSA) is 37.3 Å². The molecule has 3 aromatic rings. The zero-order chi connectivity index (χ0) is 16.2. The maximum absolute atomic E-state index is 4.34. The summed E-state index contributed by atoms with van der Waals surface area (Å²) in [7, 11) is 0. The lowest BCUT2D eigenvalue weighted by Crippen LogP contribution is -1.93. The van der Waals surface area contributed by atoms with Crippen molar-refractivity contribution in [3.63, 3.8) is 0 Å². The number of nitrogens with one attached hydrogen (secondary N) is 1. The van der Waals surface area contributed by atoms with Crippen molar-refractivity contribution in [3.8, 4) is 11.1 Å². The number of thiazole rings is 1. The van der Waals surface area contributed by atoms with Crippen LogP contribution >= 0.6 is 11.3 Å². The molecule has 0 aliphatic carbocycles. The van der Waals surface area contributed by atoms with Gasteiger partial charge < -0.3 is 0 Å². The number of aryl methyl sites for hydroxylation is 3. The van der Waals surface area contributed by atoms with Crippen LogP contribution in [0.15, 0.2) is 52.9 Å². The van der Waals surface area contributed by atoms with E-state index in [-0.39, 0.29) is 0 Å². The Bertz CT molecular complexity index is 849. The van der Waals surface area contributed by atoms with Gasteiger partial charge in [0.1, 0.15) is 0 Å². The van der Waals surface area contributed by atoms with Gasteiger partial charge in [-0.25, -0.2) is 4.98 Å². The summed E-state index contributed by atoms with van der Waals surface area (Å²) in [6.45, 7) is 6.24. The third-order valence-corrected chi connectivity index (χ3v) is 4.63. The van der Waals surface area contributed by atoms with Gasteiger partial charge in [0.15, 0.2) is 0 Å². The highest BCUT2D eigenvalue weighted by Crippen LogP contribution is 2.25. The molecule has 2 aromatic carbocycles. The molecule has 0 unspecified atom stereocenters.